The largest absolute Gasteiger partial charge is 0.388 e. The molecule has 0 aromatic heterocycles. The van der Waals surface area contributed by atoms with Gasteiger partial charge in [0, 0.05) is 110 Å². The summed E-state index contributed by atoms with van der Waals surface area (Å²) in [6.07, 6.45) is -9.24. The molecule has 3 fully saturated rings. The zero-order chi connectivity index (χ0) is 77.4. The van der Waals surface area contributed by atoms with Crippen molar-refractivity contribution in [2.75, 3.05) is 68.1 Å². The van der Waals surface area contributed by atoms with Crippen LogP contribution in [-0.4, -0.2) is 247 Å². The SMILES string of the molecule is CCC(C)C(C(CC(=O)N1CCCC1C(OC)C(C)C(=O)C[C@@H](Cc1ccccc1)C(=O)NCCc1ccc(CC(=O)C(CCCNC(N)=O)NC(=O)[C@H](CC(=O)C[C@@H]2O[C@H](CNC(=O)CC3OC(CN)[C@@H](O)[C@H]3O)C(O)C2O)C(C)C)cc1)OC)N(C)C(=O)[C@@H](CC(=O)C(C(C)C)N(C)C)C(C)C. The lowest BCUT2D eigenvalue weighted by Crippen LogP contribution is -2.54. The van der Waals surface area contributed by atoms with Crippen molar-refractivity contribution in [3.63, 3.8) is 0 Å². The number of ketones is 4. The first-order valence-electron chi connectivity index (χ1n) is 37.3. The van der Waals surface area contributed by atoms with E-state index in [-0.39, 0.29) is 149 Å². The van der Waals surface area contributed by atoms with Crippen LogP contribution < -0.4 is 32.7 Å². The van der Waals surface area contributed by atoms with E-state index in [0.717, 1.165) is 11.1 Å². The minimum absolute atomic E-state index is 0.00799. The average molecular weight is 1460 g/mol. The number of hydrogen-bond donors (Lipinski definition) is 10. The second kappa shape index (κ2) is 42.6. The van der Waals surface area contributed by atoms with Gasteiger partial charge in [0.1, 0.15) is 42.1 Å². The lowest BCUT2D eigenvalue weighted by molar-refractivity contribution is -0.149. The van der Waals surface area contributed by atoms with Crippen molar-refractivity contribution in [1.82, 2.24) is 36.0 Å². The number of carbonyl (C=O) groups is 10. The van der Waals surface area contributed by atoms with E-state index in [0.29, 0.717) is 37.8 Å². The molecule has 12 unspecified atom stereocenters. The molecule has 3 aliphatic rings. The molecule has 5 rings (SSSR count). The average Bonchev–Trinajstić information content (AvgIpc) is 0.993. The highest BCUT2D eigenvalue weighted by Gasteiger charge is 2.47. The Morgan fingerprint density at radius 2 is 1.26 bits per heavy atom. The predicted molar refractivity (Wildman–Crippen MR) is 391 cm³/mol. The van der Waals surface area contributed by atoms with E-state index in [1.54, 1.807) is 56.9 Å². The summed E-state index contributed by atoms with van der Waals surface area (Å²) in [6, 6.07) is 13.6. The maximum atomic E-state index is 14.7. The number of ether oxygens (including phenoxy) is 4. The highest BCUT2D eigenvalue weighted by atomic mass is 16.6. The molecule has 0 radical (unpaired) electrons. The Bertz CT molecular complexity index is 3100. The summed E-state index contributed by atoms with van der Waals surface area (Å²) in [6.45, 7) is 17.7. The number of urea groups is 1. The normalized spacial score (nSPS) is 23.3. The number of benzene rings is 2. The molecule has 7 amide bonds. The number of methoxy groups -OCH3 is 2. The zero-order valence-electron chi connectivity index (χ0n) is 63.8. The Labute approximate surface area is 615 Å². The summed E-state index contributed by atoms with van der Waals surface area (Å²) >= 11 is 0. The number of likely N-dealkylation sites (tertiary alicyclic amines) is 1. The third-order valence-corrected chi connectivity index (χ3v) is 21.4. The van der Waals surface area contributed by atoms with Crippen LogP contribution in [0.1, 0.15) is 150 Å². The molecule has 0 bridgehead atoms. The minimum Gasteiger partial charge on any atom is -0.388 e. The van der Waals surface area contributed by atoms with Crippen LogP contribution in [-0.2, 0) is 81.4 Å². The van der Waals surface area contributed by atoms with E-state index in [4.69, 9.17) is 30.4 Å². The van der Waals surface area contributed by atoms with Gasteiger partial charge in [0.05, 0.1) is 67.5 Å². The number of aliphatic hydroxyl groups excluding tert-OH is 4. The van der Waals surface area contributed by atoms with E-state index >= 15 is 0 Å². The molecule has 0 saturated carbocycles. The van der Waals surface area contributed by atoms with Gasteiger partial charge < -0.3 is 81.9 Å². The third kappa shape index (κ3) is 25.2. The lowest BCUT2D eigenvalue weighted by atomic mass is 9.83. The Morgan fingerprint density at radius 1 is 0.654 bits per heavy atom. The van der Waals surface area contributed by atoms with Gasteiger partial charge in [0.25, 0.3) is 0 Å². The van der Waals surface area contributed by atoms with Crippen LogP contribution in [0.15, 0.2) is 54.6 Å². The topological polar surface area (TPSA) is 398 Å². The number of nitrogens with zero attached hydrogens (tertiary/aromatic N) is 3. The fraction of sp³-hybridized carbons (Fsp3) is 0.714. The Morgan fingerprint density at radius 3 is 1.83 bits per heavy atom. The summed E-state index contributed by atoms with van der Waals surface area (Å²) < 4.78 is 23.6. The molecule has 2 aromatic carbocycles. The van der Waals surface area contributed by atoms with Crippen LogP contribution in [0.25, 0.3) is 0 Å². The van der Waals surface area contributed by atoms with Gasteiger partial charge in [-0.2, -0.15) is 0 Å². The second-order valence-electron chi connectivity index (χ2n) is 30.2. The van der Waals surface area contributed by atoms with Crippen molar-refractivity contribution in [2.45, 2.75) is 237 Å². The van der Waals surface area contributed by atoms with Gasteiger partial charge in [0.15, 0.2) is 11.6 Å². The molecular weight excluding hydrogens is 1340 g/mol. The van der Waals surface area contributed by atoms with E-state index < -0.39 is 132 Å². The van der Waals surface area contributed by atoms with Crippen molar-refractivity contribution in [3.8, 4) is 0 Å². The number of likely N-dealkylation sites (N-methyl/N-ethyl adjacent to an activating group) is 2. The first-order chi connectivity index (χ1) is 49.2. The minimum atomic E-state index is -1.51. The first-order valence-corrected chi connectivity index (χ1v) is 37.3. The molecule has 0 aliphatic carbocycles. The van der Waals surface area contributed by atoms with Gasteiger partial charge in [-0.3, -0.25) is 48.1 Å². The van der Waals surface area contributed by atoms with Gasteiger partial charge in [0.2, 0.25) is 29.5 Å². The summed E-state index contributed by atoms with van der Waals surface area (Å²) in [4.78, 5) is 143. The van der Waals surface area contributed by atoms with Crippen LogP contribution in [0.5, 0.6) is 0 Å². The van der Waals surface area contributed by atoms with Crippen molar-refractivity contribution in [3.05, 3.63) is 71.3 Å². The highest BCUT2D eigenvalue weighted by Crippen LogP contribution is 2.34. The number of carbonyl (C=O) groups excluding carboxylic acids is 10. The van der Waals surface area contributed by atoms with Crippen LogP contribution >= 0.6 is 0 Å². The lowest BCUT2D eigenvalue weighted by Gasteiger charge is -2.41. The Balaban J connectivity index is 1.19. The molecule has 27 nitrogen and oxygen atoms in total. The number of hydrogen-bond acceptors (Lipinski definition) is 20. The number of amides is 7. The van der Waals surface area contributed by atoms with E-state index in [1.807, 2.05) is 103 Å². The number of nitrogens with one attached hydrogen (secondary N) is 4. The second-order valence-corrected chi connectivity index (χ2v) is 30.2. The predicted octanol–water partition coefficient (Wildman–Crippen LogP) is 3.01. The Hall–Kier alpha value is -6.66. The van der Waals surface area contributed by atoms with Crippen LogP contribution in [0.3, 0.4) is 0 Å². The molecule has 12 N–H and O–H groups in total. The molecule has 0 spiro atoms. The monoisotopic (exact) mass is 1460 g/mol. The van der Waals surface area contributed by atoms with Crippen LogP contribution in [0, 0.1) is 47.3 Å². The van der Waals surface area contributed by atoms with E-state index in [9.17, 15) is 68.4 Å². The molecule has 19 atom stereocenters. The summed E-state index contributed by atoms with van der Waals surface area (Å²) in [5.74, 6) is -6.35. The van der Waals surface area contributed by atoms with Crippen LogP contribution in [0.2, 0.25) is 0 Å². The maximum absolute atomic E-state index is 14.7. The first kappa shape index (κ1) is 88.0. The van der Waals surface area contributed by atoms with Crippen molar-refractivity contribution in [1.29, 1.82) is 0 Å². The third-order valence-electron chi connectivity index (χ3n) is 21.4. The smallest absolute Gasteiger partial charge is 0.312 e. The molecule has 3 heterocycles. The summed E-state index contributed by atoms with van der Waals surface area (Å²) in [5, 5.41) is 53.0. The molecule has 2 aromatic rings. The molecule has 584 valence electrons. The van der Waals surface area contributed by atoms with Gasteiger partial charge in [-0.15, -0.1) is 0 Å². The number of Topliss-reactive ketones (excluding diaryl/α,β-unsaturated/α-hetero) is 4. The fourth-order valence-electron chi connectivity index (χ4n) is 15.1. The van der Waals surface area contributed by atoms with Gasteiger partial charge >= 0.3 is 6.03 Å². The number of aliphatic hydroxyl groups is 4. The van der Waals surface area contributed by atoms with E-state index in [2.05, 4.69) is 21.3 Å². The Kier molecular flexibility index (Phi) is 36.1. The number of primary amides is 1. The standard InChI is InChI=1S/C77H123N9O18/c1-15-46(8)68(85(12)76(99)54(44(4)5)38-59(90)67(45(6)7)84(10)11)60(101-13)40-66(92)86-32-20-24-56(86)73(102-14)47(9)57(88)35-51(33-49-21-17-16-18-22-49)74(97)80-31-29-48-25-27-50(28-26-48)34-58(89)55(23-19-30-81-77(79)100)83-75(98)53(43(2)3)36-52(87)37-61-69(93)72(96)64(104-61)42-82-65(91)39-62-70(94)71(95)63(41-78)103-62/h16-18,21-22,25-28,43-47,51,53-56,60-64,67-73,93-96H,15,19-20,23-24,29-42,78H2,1-14H3,(H,80,97)(H,82,91)(H,83,98)(H3,79,81,100)/t46?,47?,51-,53-,54+,55?,56?,60?,61+,62?,63?,64-,67?,68?,69?,70+,71-,72?,73?/m1/s1. The van der Waals surface area contributed by atoms with Crippen molar-refractivity contribution in [2.24, 2.45) is 58.8 Å². The molecule has 3 saturated heterocycles. The molecule has 3 aliphatic heterocycles. The zero-order valence-corrected chi connectivity index (χ0v) is 63.8. The van der Waals surface area contributed by atoms with Crippen molar-refractivity contribution < 1.29 is 87.3 Å². The highest BCUT2D eigenvalue weighted by molar-refractivity contribution is 5.93. The molecule has 104 heavy (non-hydrogen) atoms. The number of rotatable bonds is 45. The van der Waals surface area contributed by atoms with E-state index in [1.165, 1.54) is 7.11 Å². The maximum Gasteiger partial charge on any atom is 0.312 e. The molecular formula is C77H123N9O18. The van der Waals surface area contributed by atoms with Gasteiger partial charge in [-0.05, 0) is 93.0 Å². The van der Waals surface area contributed by atoms with Gasteiger partial charge in [-0.1, -0.05) is 123 Å². The summed E-state index contributed by atoms with van der Waals surface area (Å²) in [7, 11) is 8.58. The number of nitrogens with two attached hydrogens (primary N) is 2. The van der Waals surface area contributed by atoms with Crippen molar-refractivity contribution >= 4 is 58.7 Å². The summed E-state index contributed by atoms with van der Waals surface area (Å²) in [5.41, 5.74) is 13.2. The molecule has 27 heteroatoms. The van der Waals surface area contributed by atoms with Crippen LogP contribution in [0.4, 0.5) is 4.79 Å². The fourth-order valence-corrected chi connectivity index (χ4v) is 15.1. The van der Waals surface area contributed by atoms with Gasteiger partial charge in [-0.25, -0.2) is 4.79 Å². The quantitative estimate of drug-likeness (QED) is 0.0426.